The molecule has 1 unspecified atom stereocenters. The summed E-state index contributed by atoms with van der Waals surface area (Å²) in [6.45, 7) is 13.5. The van der Waals surface area contributed by atoms with E-state index >= 15 is 0 Å². The Morgan fingerprint density at radius 2 is 1.86 bits per heavy atom. The lowest BCUT2D eigenvalue weighted by Crippen LogP contribution is -2.40. The number of aromatic nitrogens is 2. The minimum Gasteiger partial charge on any atom is -0.365 e. The van der Waals surface area contributed by atoms with Crippen molar-refractivity contribution in [3.8, 4) is 11.4 Å². The molecule has 3 heterocycles. The normalized spacial score (nSPS) is 18.3. The van der Waals surface area contributed by atoms with Crippen molar-refractivity contribution >= 4 is 17.5 Å². The molecule has 1 amide bonds. The highest BCUT2D eigenvalue weighted by molar-refractivity contribution is 5.98. The van der Waals surface area contributed by atoms with Gasteiger partial charge in [0.1, 0.15) is 11.6 Å². The standard InChI is InChI=1S/C22H31N5O/c1-6-26(7-2)19-10-8-9-17(24-19)18-12-11-16(20(23)28)21(25-18)27-14-15(3)13-22(27,4)5/h8-12,15H,6-7,13-14H2,1-5H3,(H2,23,28). The zero-order chi connectivity index (χ0) is 20.5. The predicted octanol–water partition coefficient (Wildman–Crippen LogP) is 3.71. The molecule has 0 aromatic carbocycles. The van der Waals surface area contributed by atoms with Crippen LogP contribution in [0.3, 0.4) is 0 Å². The Balaban J connectivity index is 2.08. The number of hydrogen-bond acceptors (Lipinski definition) is 5. The molecule has 1 atom stereocenters. The SMILES string of the molecule is CCN(CC)c1cccc(-c2ccc(C(N)=O)c(N3CC(C)CC3(C)C)n2)n1. The average Bonchev–Trinajstić information content (AvgIpc) is 2.94. The van der Waals surface area contributed by atoms with Crippen LogP contribution in [0.5, 0.6) is 0 Å². The van der Waals surface area contributed by atoms with Gasteiger partial charge in [0, 0.05) is 25.2 Å². The number of amides is 1. The number of rotatable bonds is 6. The van der Waals surface area contributed by atoms with E-state index in [1.54, 1.807) is 6.07 Å². The van der Waals surface area contributed by atoms with E-state index in [1.165, 1.54) is 0 Å². The maximum absolute atomic E-state index is 12.1. The van der Waals surface area contributed by atoms with Crippen LogP contribution < -0.4 is 15.5 Å². The van der Waals surface area contributed by atoms with Crippen LogP contribution in [0.4, 0.5) is 11.6 Å². The van der Waals surface area contributed by atoms with Crippen molar-refractivity contribution in [3.63, 3.8) is 0 Å². The summed E-state index contributed by atoms with van der Waals surface area (Å²) in [5.74, 6) is 1.67. The van der Waals surface area contributed by atoms with Crippen molar-refractivity contribution in [2.24, 2.45) is 11.7 Å². The zero-order valence-corrected chi connectivity index (χ0v) is 17.6. The van der Waals surface area contributed by atoms with Gasteiger partial charge in [0.15, 0.2) is 0 Å². The highest BCUT2D eigenvalue weighted by atomic mass is 16.1. The topological polar surface area (TPSA) is 75.3 Å². The van der Waals surface area contributed by atoms with Crippen molar-refractivity contribution in [3.05, 3.63) is 35.9 Å². The minimum absolute atomic E-state index is 0.0776. The monoisotopic (exact) mass is 381 g/mol. The van der Waals surface area contributed by atoms with E-state index in [1.807, 2.05) is 24.3 Å². The molecular weight excluding hydrogens is 350 g/mol. The summed E-state index contributed by atoms with van der Waals surface area (Å²) < 4.78 is 0. The maximum Gasteiger partial charge on any atom is 0.252 e. The van der Waals surface area contributed by atoms with Crippen LogP contribution in [0, 0.1) is 5.92 Å². The Hall–Kier alpha value is -2.63. The summed E-state index contributed by atoms with van der Waals surface area (Å²) in [5, 5.41) is 0. The fourth-order valence-electron chi connectivity index (χ4n) is 4.24. The molecule has 0 saturated carbocycles. The van der Waals surface area contributed by atoms with E-state index in [4.69, 9.17) is 15.7 Å². The summed E-state index contributed by atoms with van der Waals surface area (Å²) in [7, 11) is 0. The predicted molar refractivity (Wildman–Crippen MR) is 115 cm³/mol. The Labute approximate surface area is 167 Å². The first-order valence-electron chi connectivity index (χ1n) is 10.1. The molecule has 0 spiro atoms. The van der Waals surface area contributed by atoms with Crippen molar-refractivity contribution in [2.75, 3.05) is 29.4 Å². The molecule has 1 saturated heterocycles. The summed E-state index contributed by atoms with van der Waals surface area (Å²) in [5.41, 5.74) is 7.60. The first-order valence-corrected chi connectivity index (χ1v) is 10.1. The molecule has 6 heteroatoms. The smallest absolute Gasteiger partial charge is 0.252 e. The zero-order valence-electron chi connectivity index (χ0n) is 17.6. The molecule has 6 nitrogen and oxygen atoms in total. The van der Waals surface area contributed by atoms with Crippen LogP contribution in [0.15, 0.2) is 30.3 Å². The molecule has 3 rings (SSSR count). The minimum atomic E-state index is -0.450. The molecule has 150 valence electrons. The van der Waals surface area contributed by atoms with E-state index in [9.17, 15) is 4.79 Å². The second kappa shape index (κ2) is 7.78. The van der Waals surface area contributed by atoms with Gasteiger partial charge in [-0.3, -0.25) is 4.79 Å². The van der Waals surface area contributed by atoms with Gasteiger partial charge < -0.3 is 15.5 Å². The lowest BCUT2D eigenvalue weighted by atomic mass is 9.97. The lowest BCUT2D eigenvalue weighted by molar-refractivity contribution is 0.100. The Bertz CT molecular complexity index is 860. The van der Waals surface area contributed by atoms with Gasteiger partial charge >= 0.3 is 0 Å². The van der Waals surface area contributed by atoms with Crippen LogP contribution in [0.1, 0.15) is 51.4 Å². The van der Waals surface area contributed by atoms with Gasteiger partial charge in [0.05, 0.1) is 17.0 Å². The van der Waals surface area contributed by atoms with E-state index in [-0.39, 0.29) is 5.54 Å². The molecule has 1 aliphatic heterocycles. The number of anilines is 2. The van der Waals surface area contributed by atoms with Gasteiger partial charge in [-0.1, -0.05) is 13.0 Å². The third kappa shape index (κ3) is 3.81. The Morgan fingerprint density at radius 3 is 2.43 bits per heavy atom. The second-order valence-corrected chi connectivity index (χ2v) is 8.22. The maximum atomic E-state index is 12.1. The van der Waals surface area contributed by atoms with Crippen molar-refractivity contribution in [1.29, 1.82) is 0 Å². The number of hydrogen-bond donors (Lipinski definition) is 1. The summed E-state index contributed by atoms with van der Waals surface area (Å²) in [6, 6.07) is 9.59. The second-order valence-electron chi connectivity index (χ2n) is 8.22. The van der Waals surface area contributed by atoms with Crippen LogP contribution in [-0.4, -0.2) is 41.0 Å². The van der Waals surface area contributed by atoms with Gasteiger partial charge in [0.25, 0.3) is 5.91 Å². The third-order valence-electron chi connectivity index (χ3n) is 5.55. The molecular formula is C22H31N5O. The van der Waals surface area contributed by atoms with Crippen LogP contribution >= 0.6 is 0 Å². The van der Waals surface area contributed by atoms with E-state index in [0.29, 0.717) is 17.3 Å². The van der Waals surface area contributed by atoms with Gasteiger partial charge in [-0.05, 0) is 64.3 Å². The summed E-state index contributed by atoms with van der Waals surface area (Å²) >= 11 is 0. The quantitative estimate of drug-likeness (QED) is 0.825. The summed E-state index contributed by atoms with van der Waals surface area (Å²) in [6.07, 6.45) is 1.05. The molecule has 0 radical (unpaired) electrons. The van der Waals surface area contributed by atoms with Crippen molar-refractivity contribution in [1.82, 2.24) is 9.97 Å². The fraction of sp³-hybridized carbons (Fsp3) is 0.500. The van der Waals surface area contributed by atoms with Crippen molar-refractivity contribution in [2.45, 2.75) is 46.6 Å². The van der Waals surface area contributed by atoms with E-state index in [2.05, 4.69) is 44.4 Å². The molecule has 28 heavy (non-hydrogen) atoms. The number of nitrogens with zero attached hydrogens (tertiary/aromatic N) is 4. The molecule has 2 aromatic heterocycles. The van der Waals surface area contributed by atoms with E-state index in [0.717, 1.165) is 43.3 Å². The number of pyridine rings is 2. The lowest BCUT2D eigenvalue weighted by Gasteiger charge is -2.33. The average molecular weight is 382 g/mol. The molecule has 1 fully saturated rings. The largest absolute Gasteiger partial charge is 0.365 e. The fourth-order valence-corrected chi connectivity index (χ4v) is 4.24. The molecule has 1 aliphatic rings. The van der Waals surface area contributed by atoms with Gasteiger partial charge in [-0.2, -0.15) is 0 Å². The number of primary amides is 1. The molecule has 2 N–H and O–H groups in total. The van der Waals surface area contributed by atoms with Gasteiger partial charge in [0.2, 0.25) is 0 Å². The van der Waals surface area contributed by atoms with Gasteiger partial charge in [-0.15, -0.1) is 0 Å². The molecule has 0 bridgehead atoms. The highest BCUT2D eigenvalue weighted by Gasteiger charge is 2.38. The first-order chi connectivity index (χ1) is 13.3. The Kier molecular flexibility index (Phi) is 5.59. The van der Waals surface area contributed by atoms with Crippen molar-refractivity contribution < 1.29 is 4.79 Å². The van der Waals surface area contributed by atoms with Crippen LogP contribution in [0.2, 0.25) is 0 Å². The first kappa shape index (κ1) is 20.1. The van der Waals surface area contributed by atoms with Crippen LogP contribution in [0.25, 0.3) is 11.4 Å². The number of nitrogens with two attached hydrogens (primary N) is 1. The van der Waals surface area contributed by atoms with E-state index < -0.39 is 5.91 Å². The van der Waals surface area contributed by atoms with Crippen LogP contribution in [-0.2, 0) is 0 Å². The Morgan fingerprint density at radius 1 is 1.18 bits per heavy atom. The summed E-state index contributed by atoms with van der Waals surface area (Å²) in [4.78, 5) is 26.2. The molecule has 2 aromatic rings. The highest BCUT2D eigenvalue weighted by Crippen LogP contribution is 2.38. The number of carbonyl (C=O) groups is 1. The third-order valence-corrected chi connectivity index (χ3v) is 5.55. The number of carbonyl (C=O) groups excluding carboxylic acids is 1. The van der Waals surface area contributed by atoms with Gasteiger partial charge in [-0.25, -0.2) is 9.97 Å². The molecule has 0 aliphatic carbocycles.